The minimum absolute atomic E-state index is 0.0794. The van der Waals surface area contributed by atoms with Gasteiger partial charge in [-0.25, -0.2) is 4.79 Å². The number of anilines is 1. The van der Waals surface area contributed by atoms with E-state index in [0.717, 1.165) is 0 Å². The number of hydrogen-bond acceptors (Lipinski definition) is 8. The van der Waals surface area contributed by atoms with Crippen molar-refractivity contribution < 1.29 is 37.6 Å². The van der Waals surface area contributed by atoms with Crippen LogP contribution in [0.15, 0.2) is 41.1 Å². The second-order valence-corrected chi connectivity index (χ2v) is 7.76. The van der Waals surface area contributed by atoms with Gasteiger partial charge < -0.3 is 14.0 Å². The minimum atomic E-state index is -1.57. The molecule has 10 nitrogen and oxygen atoms in total. The van der Waals surface area contributed by atoms with E-state index in [-0.39, 0.29) is 32.1 Å². The molecule has 0 aliphatic carbocycles. The number of amides is 2. The molecule has 2 aliphatic rings. The van der Waals surface area contributed by atoms with Gasteiger partial charge in [0.05, 0.1) is 6.54 Å². The summed E-state index contributed by atoms with van der Waals surface area (Å²) in [7, 11) is -0.551. The SMILES string of the molecule is O=P#C[C@@H](O)C(=O)N1CC=C(c2ccc(N3C[C@H](COc4ccon4)OC3=O)cc2F)CC1. The Kier molecular flexibility index (Phi) is 6.93. The van der Waals surface area contributed by atoms with Gasteiger partial charge >= 0.3 is 127 Å². The van der Waals surface area contributed by atoms with Crippen molar-refractivity contribution in [3.8, 4) is 11.5 Å². The predicted octanol–water partition coefficient (Wildman–Crippen LogP) is 2.45. The first-order valence-corrected chi connectivity index (χ1v) is 10.8. The summed E-state index contributed by atoms with van der Waals surface area (Å²) in [6, 6.07) is 5.99. The molecule has 4 rings (SSSR count). The van der Waals surface area contributed by atoms with Crippen LogP contribution in [-0.2, 0) is 14.1 Å². The normalized spacial score (nSPS) is 18.9. The van der Waals surface area contributed by atoms with Crippen LogP contribution in [-0.4, -0.2) is 65.6 Å². The van der Waals surface area contributed by atoms with Gasteiger partial charge in [-0.15, -0.1) is 0 Å². The Morgan fingerprint density at radius 3 is 2.94 bits per heavy atom. The van der Waals surface area contributed by atoms with E-state index >= 15 is 0 Å². The number of rotatable bonds is 6. The number of hydrogen-bond donors (Lipinski definition) is 1. The number of aliphatic hydroxyl groups is 1. The molecule has 2 atom stereocenters. The Morgan fingerprint density at radius 1 is 1.42 bits per heavy atom. The third kappa shape index (κ3) is 5.17. The first kappa shape index (κ1) is 22.8. The van der Waals surface area contributed by atoms with Gasteiger partial charge in [0.1, 0.15) is 12.9 Å². The van der Waals surface area contributed by atoms with Crippen molar-refractivity contribution >= 4 is 31.2 Å². The van der Waals surface area contributed by atoms with Crippen LogP contribution in [0.2, 0.25) is 0 Å². The van der Waals surface area contributed by atoms with Gasteiger partial charge in [-0.2, -0.15) is 0 Å². The average Bonchev–Trinajstić information content (AvgIpc) is 3.47. The number of carbonyl (C=O) groups excluding carboxylic acids is 2. The molecular formula is C21H19FN3O7P. The van der Waals surface area contributed by atoms with Crippen LogP contribution in [0.5, 0.6) is 5.88 Å². The third-order valence-corrected chi connectivity index (χ3v) is 5.60. The number of nitrogens with zero attached hydrogens (tertiary/aromatic N) is 3. The average molecular weight is 475 g/mol. The molecular weight excluding hydrogens is 456 g/mol. The summed E-state index contributed by atoms with van der Waals surface area (Å²) in [6.07, 6.45) is 0.707. The monoisotopic (exact) mass is 475 g/mol. The van der Waals surface area contributed by atoms with Crippen molar-refractivity contribution in [3.05, 3.63) is 48.0 Å². The zero-order valence-corrected chi connectivity index (χ0v) is 18.1. The van der Waals surface area contributed by atoms with Gasteiger partial charge in [0.15, 0.2) is 6.10 Å². The molecule has 0 bridgehead atoms. The summed E-state index contributed by atoms with van der Waals surface area (Å²) in [5, 5.41) is 13.2. The van der Waals surface area contributed by atoms with Crippen molar-refractivity contribution in [1.82, 2.24) is 10.1 Å². The van der Waals surface area contributed by atoms with Gasteiger partial charge in [-0.3, -0.25) is 0 Å². The van der Waals surface area contributed by atoms with Gasteiger partial charge in [-0.05, 0) is 5.16 Å². The van der Waals surface area contributed by atoms with Crippen LogP contribution in [0.3, 0.4) is 0 Å². The molecule has 33 heavy (non-hydrogen) atoms. The van der Waals surface area contributed by atoms with Crippen molar-refractivity contribution in [3.63, 3.8) is 0 Å². The van der Waals surface area contributed by atoms with Crippen molar-refractivity contribution in [2.45, 2.75) is 18.6 Å². The van der Waals surface area contributed by atoms with Crippen LogP contribution in [0, 0.1) is 11.4 Å². The van der Waals surface area contributed by atoms with Crippen LogP contribution >= 0.6 is 7.92 Å². The fraction of sp³-hybridized carbons (Fsp3) is 0.333. The molecule has 2 amide bonds. The van der Waals surface area contributed by atoms with E-state index in [2.05, 4.69) is 15.3 Å². The van der Waals surface area contributed by atoms with Crippen molar-refractivity contribution in [1.29, 1.82) is 0 Å². The first-order valence-electron chi connectivity index (χ1n) is 10.0. The van der Waals surface area contributed by atoms with E-state index in [9.17, 15) is 23.7 Å². The molecule has 0 saturated carbocycles. The number of aromatic nitrogens is 1. The van der Waals surface area contributed by atoms with Crippen LogP contribution in [0.1, 0.15) is 12.0 Å². The molecule has 1 saturated heterocycles. The van der Waals surface area contributed by atoms with Crippen LogP contribution in [0.4, 0.5) is 14.9 Å². The Bertz CT molecular complexity index is 1180. The molecule has 3 heterocycles. The van der Waals surface area contributed by atoms with Gasteiger partial charge in [0, 0.05) is 6.07 Å². The van der Waals surface area contributed by atoms with E-state index < -0.39 is 37.9 Å². The molecule has 1 N–H and O–H groups in total. The fourth-order valence-corrected chi connectivity index (χ4v) is 3.81. The van der Waals surface area contributed by atoms with E-state index in [4.69, 9.17) is 9.47 Å². The standard InChI is InChI=1S/C21H19FN3O7P/c22-17-9-14(25-10-15(32-21(25)28)11-30-19-5-8-31-23-19)1-2-16(17)13-3-6-24(7-4-13)20(27)18(26)12-33-29/h1-3,5,8-9,15,18,26H,4,6-7,10-11H2/t15-,18-/m1/s1. The Labute approximate surface area is 188 Å². The summed E-state index contributed by atoms with van der Waals surface area (Å²) < 4.78 is 40.7. The molecule has 0 spiro atoms. The van der Waals surface area contributed by atoms with E-state index in [1.165, 1.54) is 28.2 Å². The topological polar surface area (TPSA) is 122 Å². The summed E-state index contributed by atoms with van der Waals surface area (Å²) in [5.74, 6) is -0.851. The summed E-state index contributed by atoms with van der Waals surface area (Å²) >= 11 is 0. The molecule has 2 aliphatic heterocycles. The Hall–Kier alpha value is -3.39. The number of carbonyl (C=O) groups is 2. The van der Waals surface area contributed by atoms with E-state index in [1.807, 2.05) is 0 Å². The number of halogens is 1. The van der Waals surface area contributed by atoms with Gasteiger partial charge in [-0.1, -0.05) is 0 Å². The summed E-state index contributed by atoms with van der Waals surface area (Å²) in [5.41, 5.74) is 3.51. The quantitative estimate of drug-likeness (QED) is 0.633. The summed E-state index contributed by atoms with van der Waals surface area (Å²) in [6.45, 7) is 0.714. The van der Waals surface area contributed by atoms with Gasteiger partial charge in [0.25, 0.3) is 5.88 Å². The molecule has 0 radical (unpaired) electrons. The van der Waals surface area contributed by atoms with Crippen molar-refractivity contribution in [2.24, 2.45) is 0 Å². The Balaban J connectivity index is 1.40. The second-order valence-electron chi connectivity index (χ2n) is 7.32. The summed E-state index contributed by atoms with van der Waals surface area (Å²) in [4.78, 5) is 27.0. The van der Waals surface area contributed by atoms with E-state index in [1.54, 1.807) is 18.2 Å². The number of cyclic esters (lactones) is 1. The molecule has 1 aromatic carbocycles. The number of benzene rings is 1. The number of aliphatic hydroxyl groups excluding tert-OH is 1. The zero-order valence-electron chi connectivity index (χ0n) is 17.2. The van der Waals surface area contributed by atoms with Crippen LogP contribution < -0.4 is 9.64 Å². The Morgan fingerprint density at radius 2 is 2.27 bits per heavy atom. The number of ether oxygens (including phenoxy) is 2. The molecule has 0 unspecified atom stereocenters. The molecule has 1 fully saturated rings. The maximum absolute atomic E-state index is 14.9. The second kappa shape index (κ2) is 10.0. The van der Waals surface area contributed by atoms with Crippen molar-refractivity contribution in [2.75, 3.05) is 31.1 Å². The zero-order chi connectivity index (χ0) is 23.4. The molecule has 2 aromatic rings. The molecule has 1 aromatic heterocycles. The van der Waals surface area contributed by atoms with Crippen LogP contribution in [0.25, 0.3) is 5.57 Å². The fourth-order valence-electron chi connectivity index (χ4n) is 3.60. The third-order valence-electron chi connectivity index (χ3n) is 5.25. The first-order chi connectivity index (χ1) is 16.0. The van der Waals surface area contributed by atoms with E-state index in [0.29, 0.717) is 23.2 Å². The van der Waals surface area contributed by atoms with Gasteiger partial charge in [0.2, 0.25) is 0 Å². The predicted molar refractivity (Wildman–Crippen MR) is 113 cm³/mol. The molecule has 172 valence electrons. The maximum atomic E-state index is 14.9. The molecule has 12 heteroatoms.